The summed E-state index contributed by atoms with van der Waals surface area (Å²) in [4.78, 5) is 12.3. The zero-order valence-corrected chi connectivity index (χ0v) is 15.2. The maximum absolute atomic E-state index is 12.3. The largest absolute Gasteiger partial charge is 0.360 e. The van der Waals surface area contributed by atoms with Crippen LogP contribution in [0, 0.1) is 11.3 Å². The lowest BCUT2D eigenvalue weighted by Gasteiger charge is -2.22. The predicted molar refractivity (Wildman–Crippen MR) is 103 cm³/mol. The lowest BCUT2D eigenvalue weighted by Crippen LogP contribution is -2.16. The van der Waals surface area contributed by atoms with Crippen LogP contribution in [0.2, 0.25) is 5.02 Å². The van der Waals surface area contributed by atoms with Gasteiger partial charge in [0.1, 0.15) is 11.6 Å². The van der Waals surface area contributed by atoms with E-state index in [4.69, 9.17) is 11.6 Å². The normalized spacial score (nSPS) is 11.6. The first-order valence-corrected chi connectivity index (χ1v) is 8.22. The Kier molecular flexibility index (Phi) is 5.84. The van der Waals surface area contributed by atoms with E-state index in [9.17, 15) is 10.1 Å². The molecule has 2 rings (SSSR count). The molecular weight excluding hydrogens is 334 g/mol. The molecule has 0 fully saturated rings. The van der Waals surface area contributed by atoms with Crippen molar-refractivity contribution in [2.75, 3.05) is 10.6 Å². The van der Waals surface area contributed by atoms with Gasteiger partial charge in [0.2, 0.25) is 0 Å². The average molecular weight is 354 g/mol. The standard InChI is InChI=1S/C20H20ClN3O/c1-20(2,3)17-6-4-5-7-18(17)23-13-14(12-22)19(25)24-16-10-8-15(21)9-11-16/h4-11,13,23H,1-3H3,(H,24,25)/b14-13-. The second-order valence-corrected chi connectivity index (χ2v) is 7.01. The number of halogens is 1. The molecule has 0 aliphatic carbocycles. The van der Waals surface area contributed by atoms with Crippen molar-refractivity contribution in [2.45, 2.75) is 26.2 Å². The Morgan fingerprint density at radius 3 is 2.36 bits per heavy atom. The van der Waals surface area contributed by atoms with Crippen LogP contribution in [-0.2, 0) is 10.2 Å². The van der Waals surface area contributed by atoms with E-state index in [0.29, 0.717) is 10.7 Å². The zero-order valence-electron chi connectivity index (χ0n) is 14.4. The van der Waals surface area contributed by atoms with Crippen LogP contribution in [0.5, 0.6) is 0 Å². The fourth-order valence-corrected chi connectivity index (χ4v) is 2.42. The van der Waals surface area contributed by atoms with Gasteiger partial charge in [0.05, 0.1) is 0 Å². The molecule has 1 amide bonds. The van der Waals surface area contributed by atoms with Crippen LogP contribution in [0.3, 0.4) is 0 Å². The lowest BCUT2D eigenvalue weighted by atomic mass is 9.86. The topological polar surface area (TPSA) is 64.9 Å². The maximum atomic E-state index is 12.3. The Morgan fingerprint density at radius 2 is 1.76 bits per heavy atom. The first kappa shape index (κ1) is 18.6. The summed E-state index contributed by atoms with van der Waals surface area (Å²) in [7, 11) is 0. The van der Waals surface area contributed by atoms with Gasteiger partial charge in [0.25, 0.3) is 5.91 Å². The third-order valence-corrected chi connectivity index (χ3v) is 3.83. The van der Waals surface area contributed by atoms with Crippen molar-refractivity contribution in [1.82, 2.24) is 0 Å². The number of para-hydroxylation sites is 1. The highest BCUT2D eigenvalue weighted by Crippen LogP contribution is 2.29. The van der Waals surface area contributed by atoms with E-state index in [0.717, 1.165) is 11.3 Å². The van der Waals surface area contributed by atoms with Crippen LogP contribution in [0.1, 0.15) is 26.3 Å². The van der Waals surface area contributed by atoms with Crippen LogP contribution in [0.25, 0.3) is 0 Å². The van der Waals surface area contributed by atoms with Gasteiger partial charge in [-0.3, -0.25) is 4.79 Å². The number of rotatable bonds is 4. The Balaban J connectivity index is 2.17. The Bertz CT molecular complexity index is 827. The van der Waals surface area contributed by atoms with Crippen molar-refractivity contribution in [3.8, 4) is 6.07 Å². The van der Waals surface area contributed by atoms with Gasteiger partial charge in [-0.1, -0.05) is 50.6 Å². The van der Waals surface area contributed by atoms with Crippen molar-refractivity contribution >= 4 is 28.9 Å². The summed E-state index contributed by atoms with van der Waals surface area (Å²) in [6.07, 6.45) is 1.43. The molecule has 4 nitrogen and oxygen atoms in total. The number of hydrogen-bond donors (Lipinski definition) is 2. The zero-order chi connectivity index (χ0) is 18.4. The monoisotopic (exact) mass is 353 g/mol. The van der Waals surface area contributed by atoms with E-state index >= 15 is 0 Å². The highest BCUT2D eigenvalue weighted by molar-refractivity contribution is 6.30. The number of hydrogen-bond acceptors (Lipinski definition) is 3. The van der Waals surface area contributed by atoms with E-state index in [1.165, 1.54) is 6.20 Å². The highest BCUT2D eigenvalue weighted by atomic mass is 35.5. The molecule has 5 heteroatoms. The first-order chi connectivity index (χ1) is 11.8. The van der Waals surface area contributed by atoms with E-state index in [1.807, 2.05) is 30.3 Å². The first-order valence-electron chi connectivity index (χ1n) is 7.84. The lowest BCUT2D eigenvalue weighted by molar-refractivity contribution is -0.112. The van der Waals surface area contributed by atoms with Crippen LogP contribution >= 0.6 is 11.6 Å². The molecule has 25 heavy (non-hydrogen) atoms. The van der Waals surface area contributed by atoms with Gasteiger partial charge in [-0.15, -0.1) is 0 Å². The molecule has 128 valence electrons. The van der Waals surface area contributed by atoms with Gasteiger partial charge in [0, 0.05) is 22.6 Å². The minimum absolute atomic E-state index is 0.0151. The number of benzene rings is 2. The summed E-state index contributed by atoms with van der Waals surface area (Å²) in [6.45, 7) is 6.32. The van der Waals surface area contributed by atoms with Crippen molar-refractivity contribution in [1.29, 1.82) is 5.26 Å². The van der Waals surface area contributed by atoms with Gasteiger partial charge < -0.3 is 10.6 Å². The molecule has 2 aromatic carbocycles. The smallest absolute Gasteiger partial charge is 0.267 e. The van der Waals surface area contributed by atoms with Crippen molar-refractivity contribution in [3.63, 3.8) is 0 Å². The molecule has 2 N–H and O–H groups in total. The van der Waals surface area contributed by atoms with E-state index in [-0.39, 0.29) is 11.0 Å². The van der Waals surface area contributed by atoms with Crippen LogP contribution < -0.4 is 10.6 Å². The number of anilines is 2. The molecule has 0 bridgehead atoms. The molecule has 0 saturated carbocycles. The van der Waals surface area contributed by atoms with Gasteiger partial charge in [-0.2, -0.15) is 5.26 Å². The number of carbonyl (C=O) groups excluding carboxylic acids is 1. The second kappa shape index (κ2) is 7.87. The third kappa shape index (κ3) is 5.10. The minimum atomic E-state index is -0.481. The molecular formula is C20H20ClN3O. The third-order valence-electron chi connectivity index (χ3n) is 3.57. The molecule has 2 aromatic rings. The Labute approximate surface area is 153 Å². The fourth-order valence-electron chi connectivity index (χ4n) is 2.29. The quantitative estimate of drug-likeness (QED) is 0.594. The molecule has 0 heterocycles. The molecule has 0 spiro atoms. The van der Waals surface area contributed by atoms with Crippen molar-refractivity contribution in [2.24, 2.45) is 0 Å². The fraction of sp³-hybridized carbons (Fsp3) is 0.200. The molecule has 0 atom stereocenters. The van der Waals surface area contributed by atoms with Gasteiger partial charge >= 0.3 is 0 Å². The van der Waals surface area contributed by atoms with Crippen molar-refractivity contribution in [3.05, 3.63) is 70.9 Å². The Hall–Kier alpha value is -2.77. The van der Waals surface area contributed by atoms with Crippen LogP contribution in [-0.4, -0.2) is 5.91 Å². The van der Waals surface area contributed by atoms with E-state index in [1.54, 1.807) is 24.3 Å². The van der Waals surface area contributed by atoms with Gasteiger partial charge in [0.15, 0.2) is 0 Å². The summed E-state index contributed by atoms with van der Waals surface area (Å²) in [6, 6.07) is 16.4. The predicted octanol–water partition coefficient (Wildman–Crippen LogP) is 5.10. The maximum Gasteiger partial charge on any atom is 0.267 e. The molecule has 0 aliphatic heterocycles. The number of amides is 1. The average Bonchev–Trinajstić information content (AvgIpc) is 2.57. The SMILES string of the molecule is CC(C)(C)c1ccccc1N/C=C(/C#N)C(=O)Nc1ccc(Cl)cc1. The van der Waals surface area contributed by atoms with Gasteiger partial charge in [-0.05, 0) is 41.3 Å². The second-order valence-electron chi connectivity index (χ2n) is 6.57. The summed E-state index contributed by atoms with van der Waals surface area (Å²) in [5.41, 5.74) is 2.46. The number of nitrogens with one attached hydrogen (secondary N) is 2. The molecule has 0 radical (unpaired) electrons. The summed E-state index contributed by atoms with van der Waals surface area (Å²) in [5.74, 6) is -0.481. The molecule has 0 saturated heterocycles. The molecule has 0 aliphatic rings. The van der Waals surface area contributed by atoms with Gasteiger partial charge in [-0.25, -0.2) is 0 Å². The van der Waals surface area contributed by atoms with Crippen LogP contribution in [0.4, 0.5) is 11.4 Å². The molecule has 0 unspecified atom stereocenters. The summed E-state index contributed by atoms with van der Waals surface area (Å²) < 4.78 is 0. The van der Waals surface area contributed by atoms with E-state index in [2.05, 4.69) is 31.4 Å². The minimum Gasteiger partial charge on any atom is -0.360 e. The highest BCUT2D eigenvalue weighted by Gasteiger charge is 2.17. The number of carbonyl (C=O) groups is 1. The summed E-state index contributed by atoms with van der Waals surface area (Å²) >= 11 is 5.82. The Morgan fingerprint density at radius 1 is 1.12 bits per heavy atom. The summed E-state index contributed by atoms with van der Waals surface area (Å²) in [5, 5.41) is 15.6. The van der Waals surface area contributed by atoms with Crippen molar-refractivity contribution < 1.29 is 4.79 Å². The number of nitrogens with zero attached hydrogens (tertiary/aromatic N) is 1. The van der Waals surface area contributed by atoms with Crippen LogP contribution in [0.15, 0.2) is 60.3 Å². The molecule has 0 aromatic heterocycles. The van der Waals surface area contributed by atoms with E-state index < -0.39 is 5.91 Å². The number of nitriles is 1.